The molecule has 10 heteroatoms. The van der Waals surface area contributed by atoms with Gasteiger partial charge in [-0.1, -0.05) is 6.07 Å². The van der Waals surface area contributed by atoms with Gasteiger partial charge >= 0.3 is 0 Å². The fraction of sp³-hybridized carbons (Fsp3) is 0.350. The van der Waals surface area contributed by atoms with Crippen LogP contribution in [0.2, 0.25) is 0 Å². The molecule has 0 aliphatic carbocycles. The van der Waals surface area contributed by atoms with Crippen LogP contribution in [-0.4, -0.2) is 56.7 Å². The molecule has 1 aromatic carbocycles. The van der Waals surface area contributed by atoms with Crippen LogP contribution in [0.5, 0.6) is 0 Å². The van der Waals surface area contributed by atoms with Crippen molar-refractivity contribution in [3.05, 3.63) is 53.3 Å². The number of hydrogen-bond donors (Lipinski definition) is 3. The Bertz CT molecular complexity index is 1020. The first kappa shape index (κ1) is 23.3. The molecular formula is C20H27N5O4S. The first-order valence-corrected chi connectivity index (χ1v) is 10.8. The van der Waals surface area contributed by atoms with E-state index in [1.807, 2.05) is 25.1 Å². The third kappa shape index (κ3) is 6.53. The van der Waals surface area contributed by atoms with E-state index < -0.39 is 15.9 Å². The number of hydrogen-bond acceptors (Lipinski definition) is 6. The lowest BCUT2D eigenvalue weighted by Crippen LogP contribution is -2.33. The van der Waals surface area contributed by atoms with Crippen LogP contribution >= 0.6 is 0 Å². The van der Waals surface area contributed by atoms with Crippen LogP contribution in [0.4, 0.5) is 5.69 Å². The van der Waals surface area contributed by atoms with E-state index in [2.05, 4.69) is 20.9 Å². The highest BCUT2D eigenvalue weighted by molar-refractivity contribution is 7.89. The predicted octanol–water partition coefficient (Wildman–Crippen LogP) is 1.12. The fourth-order valence-corrected chi connectivity index (χ4v) is 3.57. The van der Waals surface area contributed by atoms with Crippen molar-refractivity contribution in [3.63, 3.8) is 0 Å². The number of pyridine rings is 1. The number of sulfonamides is 1. The second kappa shape index (κ2) is 10.2. The van der Waals surface area contributed by atoms with Gasteiger partial charge in [-0.15, -0.1) is 0 Å². The normalized spacial score (nSPS) is 11.2. The summed E-state index contributed by atoms with van der Waals surface area (Å²) >= 11 is 0. The highest BCUT2D eigenvalue weighted by Gasteiger charge is 2.20. The molecule has 162 valence electrons. The molecule has 0 saturated carbocycles. The quantitative estimate of drug-likeness (QED) is 0.510. The second-order valence-electron chi connectivity index (χ2n) is 6.90. The first-order chi connectivity index (χ1) is 14.1. The topological polar surface area (TPSA) is 120 Å². The Morgan fingerprint density at radius 1 is 1.07 bits per heavy atom. The van der Waals surface area contributed by atoms with E-state index in [0.717, 1.165) is 15.7 Å². The number of nitrogens with zero attached hydrogens (tertiary/aromatic N) is 2. The van der Waals surface area contributed by atoms with Gasteiger partial charge in [-0.3, -0.25) is 14.6 Å². The van der Waals surface area contributed by atoms with Gasteiger partial charge in [0.2, 0.25) is 15.9 Å². The molecule has 0 unspecified atom stereocenters. The molecule has 2 aromatic rings. The molecule has 1 heterocycles. The van der Waals surface area contributed by atoms with E-state index in [9.17, 15) is 18.0 Å². The van der Waals surface area contributed by atoms with Crippen molar-refractivity contribution < 1.29 is 18.0 Å². The Kier molecular flexibility index (Phi) is 7.90. The third-order valence-electron chi connectivity index (χ3n) is 4.15. The highest BCUT2D eigenvalue weighted by Crippen LogP contribution is 2.22. The zero-order chi connectivity index (χ0) is 22.3. The summed E-state index contributed by atoms with van der Waals surface area (Å²) in [5.41, 5.74) is 2.34. The third-order valence-corrected chi connectivity index (χ3v) is 5.94. The molecule has 2 rings (SSSR count). The van der Waals surface area contributed by atoms with Gasteiger partial charge in [0.1, 0.15) is 0 Å². The van der Waals surface area contributed by atoms with Gasteiger partial charge in [0, 0.05) is 51.1 Å². The van der Waals surface area contributed by atoms with Crippen molar-refractivity contribution in [2.45, 2.75) is 25.3 Å². The number of amides is 2. The molecule has 0 aliphatic rings. The maximum Gasteiger partial charge on any atom is 0.251 e. The average molecular weight is 434 g/mol. The molecule has 0 spiro atoms. The summed E-state index contributed by atoms with van der Waals surface area (Å²) < 4.78 is 26.3. The van der Waals surface area contributed by atoms with E-state index >= 15 is 0 Å². The summed E-state index contributed by atoms with van der Waals surface area (Å²) in [5, 5.41) is 8.38. The number of carbonyl (C=O) groups excluding carboxylic acids is 2. The number of benzene rings is 1. The molecule has 1 aromatic heterocycles. The van der Waals surface area contributed by atoms with Gasteiger partial charge in [-0.2, -0.15) is 0 Å². The number of nitrogens with one attached hydrogen (secondary N) is 3. The summed E-state index contributed by atoms with van der Waals surface area (Å²) in [5.74, 6) is -0.632. The molecule has 0 bridgehead atoms. The Balaban J connectivity index is 2.26. The maximum absolute atomic E-state index is 12.6. The zero-order valence-electron chi connectivity index (χ0n) is 17.5. The molecule has 0 aliphatic heterocycles. The molecular weight excluding hydrogens is 406 g/mol. The van der Waals surface area contributed by atoms with Crippen molar-refractivity contribution in [2.24, 2.45) is 0 Å². The van der Waals surface area contributed by atoms with Gasteiger partial charge in [-0.05, 0) is 37.3 Å². The highest BCUT2D eigenvalue weighted by atomic mass is 32.2. The smallest absolute Gasteiger partial charge is 0.251 e. The molecule has 0 atom stereocenters. The Morgan fingerprint density at radius 2 is 1.77 bits per heavy atom. The number of anilines is 1. The molecule has 30 heavy (non-hydrogen) atoms. The van der Waals surface area contributed by atoms with Crippen molar-refractivity contribution in [1.82, 2.24) is 19.9 Å². The lowest BCUT2D eigenvalue weighted by Gasteiger charge is -2.15. The van der Waals surface area contributed by atoms with Crippen molar-refractivity contribution in [1.29, 1.82) is 0 Å². The van der Waals surface area contributed by atoms with Crippen molar-refractivity contribution >= 4 is 27.5 Å². The first-order valence-electron chi connectivity index (χ1n) is 9.36. The molecule has 0 radical (unpaired) electrons. The number of carbonyl (C=O) groups is 2. The minimum atomic E-state index is -3.74. The Morgan fingerprint density at radius 3 is 2.40 bits per heavy atom. The largest absolute Gasteiger partial charge is 0.379 e. The summed E-state index contributed by atoms with van der Waals surface area (Å²) in [7, 11) is -0.881. The van der Waals surface area contributed by atoms with Gasteiger partial charge in [0.15, 0.2) is 0 Å². The molecule has 2 amide bonds. The maximum atomic E-state index is 12.6. The van der Waals surface area contributed by atoms with Crippen molar-refractivity contribution in [2.75, 3.05) is 32.5 Å². The lowest BCUT2D eigenvalue weighted by atomic mass is 10.2. The predicted molar refractivity (Wildman–Crippen MR) is 115 cm³/mol. The minimum absolute atomic E-state index is 0.00159. The van der Waals surface area contributed by atoms with Gasteiger partial charge in [0.25, 0.3) is 5.91 Å². The fourth-order valence-electron chi connectivity index (χ4n) is 2.60. The van der Waals surface area contributed by atoms with Crippen LogP contribution in [0, 0.1) is 6.92 Å². The molecule has 9 nitrogen and oxygen atoms in total. The molecule has 0 saturated heterocycles. The van der Waals surface area contributed by atoms with E-state index in [-0.39, 0.29) is 29.5 Å². The minimum Gasteiger partial charge on any atom is -0.379 e. The molecule has 3 N–H and O–H groups in total. The van der Waals surface area contributed by atoms with Crippen LogP contribution in [0.3, 0.4) is 0 Å². The van der Waals surface area contributed by atoms with E-state index in [1.165, 1.54) is 33.2 Å². The van der Waals surface area contributed by atoms with E-state index in [1.54, 1.807) is 6.07 Å². The van der Waals surface area contributed by atoms with Crippen molar-refractivity contribution in [3.8, 4) is 0 Å². The van der Waals surface area contributed by atoms with E-state index in [4.69, 9.17) is 0 Å². The summed E-state index contributed by atoms with van der Waals surface area (Å²) in [4.78, 5) is 27.9. The van der Waals surface area contributed by atoms with Gasteiger partial charge < -0.3 is 16.0 Å². The Hall–Kier alpha value is -2.98. The van der Waals surface area contributed by atoms with Gasteiger partial charge in [0.05, 0.1) is 17.1 Å². The van der Waals surface area contributed by atoms with Crippen LogP contribution in [0.1, 0.15) is 28.7 Å². The second-order valence-corrected chi connectivity index (χ2v) is 9.05. The van der Waals surface area contributed by atoms with E-state index in [0.29, 0.717) is 12.2 Å². The van der Waals surface area contributed by atoms with Gasteiger partial charge in [-0.25, -0.2) is 12.7 Å². The van der Waals surface area contributed by atoms with Crippen LogP contribution in [0.15, 0.2) is 41.3 Å². The van der Waals surface area contributed by atoms with Crippen LogP contribution < -0.4 is 16.0 Å². The van der Waals surface area contributed by atoms with Crippen LogP contribution in [-0.2, 0) is 21.4 Å². The standard InChI is InChI=1S/C20H27N5O4S/c1-14-6-5-7-17(24-14)13-23-18-10-16(20(27)22-9-8-21-15(2)26)11-19(12-18)30(28,29)25(3)4/h5-7,10-12,23H,8-9,13H2,1-4H3,(H,21,26)(H,22,27). The monoisotopic (exact) mass is 433 g/mol. The number of aromatic nitrogens is 1. The summed E-state index contributed by atoms with van der Waals surface area (Å²) in [6.45, 7) is 4.15. The summed E-state index contributed by atoms with van der Waals surface area (Å²) in [6.07, 6.45) is 0. The summed E-state index contributed by atoms with van der Waals surface area (Å²) in [6, 6.07) is 10.0. The zero-order valence-corrected chi connectivity index (χ0v) is 18.3. The SMILES string of the molecule is CC(=O)NCCNC(=O)c1cc(NCc2cccc(C)n2)cc(S(=O)(=O)N(C)C)c1. The number of rotatable bonds is 9. The van der Waals surface area contributed by atoms with Crippen LogP contribution in [0.25, 0.3) is 0 Å². The number of aryl methyl sites for hydroxylation is 1. The Labute approximate surface area is 176 Å². The lowest BCUT2D eigenvalue weighted by molar-refractivity contribution is -0.118. The molecule has 0 fully saturated rings. The average Bonchev–Trinajstić information content (AvgIpc) is 2.69.